The molecule has 0 unspecified atom stereocenters. The van der Waals surface area contributed by atoms with Gasteiger partial charge in [0.1, 0.15) is 0 Å². The van der Waals surface area contributed by atoms with Crippen LogP contribution >= 0.6 is 0 Å². The Morgan fingerprint density at radius 2 is 1.93 bits per heavy atom. The first kappa shape index (κ1) is 11.6. The van der Waals surface area contributed by atoms with Crippen LogP contribution in [-0.4, -0.2) is 13.6 Å². The summed E-state index contributed by atoms with van der Waals surface area (Å²) in [6.07, 6.45) is 5.18. The number of anilines is 1. The Labute approximate surface area is 92.6 Å². The van der Waals surface area contributed by atoms with E-state index in [-0.39, 0.29) is 0 Å². The van der Waals surface area contributed by atoms with E-state index in [0.29, 0.717) is 0 Å². The lowest BCUT2D eigenvalue weighted by Crippen LogP contribution is -2.12. The molecular weight excluding hydrogens is 184 g/mol. The van der Waals surface area contributed by atoms with Crippen LogP contribution in [0.1, 0.15) is 18.9 Å². The van der Waals surface area contributed by atoms with E-state index < -0.39 is 0 Å². The van der Waals surface area contributed by atoms with Gasteiger partial charge in [0.15, 0.2) is 0 Å². The number of benzene rings is 1. The minimum atomic E-state index is 1.03. The molecule has 1 aromatic carbocycles. The fraction of sp³-hybridized carbons (Fsp3) is 0.385. The van der Waals surface area contributed by atoms with Crippen molar-refractivity contribution < 1.29 is 0 Å². The molecule has 0 saturated carbocycles. The zero-order chi connectivity index (χ0) is 11.1. The normalized spacial score (nSPS) is 10.6. The summed E-state index contributed by atoms with van der Waals surface area (Å²) in [7, 11) is 2.05. The summed E-state index contributed by atoms with van der Waals surface area (Å²) in [5.74, 6) is 0. The van der Waals surface area contributed by atoms with Crippen molar-refractivity contribution in [2.24, 2.45) is 0 Å². The second-order valence-electron chi connectivity index (χ2n) is 3.72. The van der Waals surface area contributed by atoms with Gasteiger partial charge in [-0.25, -0.2) is 0 Å². The van der Waals surface area contributed by atoms with E-state index in [1.807, 2.05) is 12.4 Å². The molecule has 0 saturated heterocycles. The molecule has 0 heterocycles. The van der Waals surface area contributed by atoms with E-state index in [1.165, 1.54) is 11.3 Å². The van der Waals surface area contributed by atoms with Crippen molar-refractivity contribution in [2.75, 3.05) is 18.5 Å². The Hall–Kier alpha value is -1.44. The van der Waals surface area contributed by atoms with Crippen LogP contribution in [0.3, 0.4) is 0 Å². The van der Waals surface area contributed by atoms with E-state index >= 15 is 0 Å². The molecule has 0 aliphatic heterocycles. The maximum absolute atomic E-state index is 3.22. The third-order valence-electron chi connectivity index (χ3n) is 2.25. The van der Waals surface area contributed by atoms with Gasteiger partial charge in [-0.15, -0.1) is 0 Å². The second kappa shape index (κ2) is 6.12. The van der Waals surface area contributed by atoms with Crippen molar-refractivity contribution in [1.82, 2.24) is 5.32 Å². The van der Waals surface area contributed by atoms with Gasteiger partial charge in [0.05, 0.1) is 0 Å². The van der Waals surface area contributed by atoms with E-state index in [1.54, 1.807) is 0 Å². The highest BCUT2D eigenvalue weighted by Crippen LogP contribution is 2.13. The van der Waals surface area contributed by atoms with Gasteiger partial charge < -0.3 is 10.2 Å². The largest absolute Gasteiger partial charge is 0.390 e. The first-order chi connectivity index (χ1) is 7.24. The van der Waals surface area contributed by atoms with E-state index in [9.17, 15) is 0 Å². The van der Waals surface area contributed by atoms with Crippen LogP contribution < -0.4 is 10.2 Å². The Kier molecular flexibility index (Phi) is 4.75. The number of hydrogen-bond donors (Lipinski definition) is 1. The summed E-state index contributed by atoms with van der Waals surface area (Å²) < 4.78 is 0. The van der Waals surface area contributed by atoms with Gasteiger partial charge in [-0.3, -0.25) is 0 Å². The Morgan fingerprint density at radius 1 is 1.27 bits per heavy atom. The summed E-state index contributed by atoms with van der Waals surface area (Å²) >= 11 is 0. The minimum absolute atomic E-state index is 1.03. The summed E-state index contributed by atoms with van der Waals surface area (Å²) in [6, 6.07) is 8.50. The maximum atomic E-state index is 3.22. The quantitative estimate of drug-likeness (QED) is 0.742. The van der Waals surface area contributed by atoms with Crippen LogP contribution in [0, 0.1) is 6.92 Å². The minimum Gasteiger partial charge on any atom is -0.390 e. The molecule has 15 heavy (non-hydrogen) atoms. The van der Waals surface area contributed by atoms with Crippen molar-refractivity contribution in [3.8, 4) is 0 Å². The fourth-order valence-corrected chi connectivity index (χ4v) is 1.26. The highest BCUT2D eigenvalue weighted by atomic mass is 15.1. The van der Waals surface area contributed by atoms with Gasteiger partial charge in [0, 0.05) is 31.7 Å². The lowest BCUT2D eigenvalue weighted by atomic mass is 10.2. The Morgan fingerprint density at radius 3 is 2.53 bits per heavy atom. The van der Waals surface area contributed by atoms with Crippen LogP contribution in [-0.2, 0) is 0 Å². The van der Waals surface area contributed by atoms with Crippen LogP contribution in [0.5, 0.6) is 0 Å². The number of nitrogens with one attached hydrogen (secondary N) is 1. The maximum Gasteiger partial charge on any atom is 0.0404 e. The van der Waals surface area contributed by atoms with Crippen molar-refractivity contribution in [3.63, 3.8) is 0 Å². The SMILES string of the molecule is CCCN/C=C/N(C)c1ccc(C)cc1. The Bertz CT molecular complexity index is 301. The molecule has 0 aliphatic rings. The molecule has 0 radical (unpaired) electrons. The van der Waals surface area contributed by atoms with Crippen molar-refractivity contribution in [1.29, 1.82) is 0 Å². The molecular formula is C13H20N2. The van der Waals surface area contributed by atoms with Crippen molar-refractivity contribution in [3.05, 3.63) is 42.2 Å². The summed E-state index contributed by atoms with van der Waals surface area (Å²) in [5.41, 5.74) is 2.50. The molecule has 0 bridgehead atoms. The number of aryl methyl sites for hydroxylation is 1. The van der Waals surface area contributed by atoms with Gasteiger partial charge in [0.2, 0.25) is 0 Å². The van der Waals surface area contributed by atoms with Gasteiger partial charge >= 0.3 is 0 Å². The zero-order valence-electron chi connectivity index (χ0n) is 9.83. The Balaban J connectivity index is 2.49. The monoisotopic (exact) mass is 204 g/mol. The molecule has 0 atom stereocenters. The van der Waals surface area contributed by atoms with Crippen LogP contribution in [0.25, 0.3) is 0 Å². The third kappa shape index (κ3) is 4.07. The highest BCUT2D eigenvalue weighted by molar-refractivity contribution is 5.49. The molecule has 82 valence electrons. The van der Waals surface area contributed by atoms with Crippen LogP contribution in [0.4, 0.5) is 5.69 Å². The van der Waals surface area contributed by atoms with Gasteiger partial charge in [-0.05, 0) is 25.5 Å². The molecule has 2 nitrogen and oxygen atoms in total. The number of rotatable bonds is 5. The van der Waals surface area contributed by atoms with Gasteiger partial charge in [-0.2, -0.15) is 0 Å². The third-order valence-corrected chi connectivity index (χ3v) is 2.25. The summed E-state index contributed by atoms with van der Waals surface area (Å²) in [5, 5.41) is 3.22. The fourth-order valence-electron chi connectivity index (χ4n) is 1.26. The molecule has 0 aliphatic carbocycles. The van der Waals surface area contributed by atoms with Crippen LogP contribution in [0.2, 0.25) is 0 Å². The predicted octanol–water partition coefficient (Wildman–Crippen LogP) is 2.90. The lowest BCUT2D eigenvalue weighted by Gasteiger charge is -2.14. The molecule has 2 heteroatoms. The van der Waals surface area contributed by atoms with Gasteiger partial charge in [-0.1, -0.05) is 24.6 Å². The van der Waals surface area contributed by atoms with E-state index in [4.69, 9.17) is 0 Å². The molecule has 1 rings (SSSR count). The topological polar surface area (TPSA) is 15.3 Å². The first-order valence-corrected chi connectivity index (χ1v) is 5.43. The molecule has 0 spiro atoms. The summed E-state index contributed by atoms with van der Waals surface area (Å²) in [6.45, 7) is 5.28. The second-order valence-corrected chi connectivity index (χ2v) is 3.72. The first-order valence-electron chi connectivity index (χ1n) is 5.43. The molecule has 1 N–H and O–H groups in total. The molecule has 0 amide bonds. The van der Waals surface area contributed by atoms with Crippen LogP contribution in [0.15, 0.2) is 36.7 Å². The standard InChI is InChI=1S/C13H20N2/c1-4-9-14-10-11-15(3)13-7-5-12(2)6-8-13/h5-8,10-11,14H,4,9H2,1-3H3/b11-10+. The predicted molar refractivity (Wildman–Crippen MR) is 67.0 cm³/mol. The summed E-state index contributed by atoms with van der Waals surface area (Å²) in [4.78, 5) is 2.10. The van der Waals surface area contributed by atoms with Crippen molar-refractivity contribution in [2.45, 2.75) is 20.3 Å². The number of nitrogens with zero attached hydrogens (tertiary/aromatic N) is 1. The van der Waals surface area contributed by atoms with E-state index in [0.717, 1.165) is 13.0 Å². The van der Waals surface area contributed by atoms with E-state index in [2.05, 4.69) is 55.4 Å². The highest BCUT2D eigenvalue weighted by Gasteiger charge is 1.94. The zero-order valence-corrected chi connectivity index (χ0v) is 9.83. The average molecular weight is 204 g/mol. The average Bonchev–Trinajstić information content (AvgIpc) is 2.25. The molecule has 0 aromatic heterocycles. The smallest absolute Gasteiger partial charge is 0.0404 e. The van der Waals surface area contributed by atoms with Gasteiger partial charge in [0.25, 0.3) is 0 Å². The lowest BCUT2D eigenvalue weighted by molar-refractivity contribution is 0.806. The molecule has 1 aromatic rings. The van der Waals surface area contributed by atoms with Crippen molar-refractivity contribution >= 4 is 5.69 Å². The number of hydrogen-bond acceptors (Lipinski definition) is 2. The molecule has 0 fully saturated rings.